The Kier molecular flexibility index (Phi) is 2.20. The zero-order valence-electron chi connectivity index (χ0n) is 6.41. The minimum atomic E-state index is 0.627. The average Bonchev–Trinajstić information content (AvgIpc) is 2.48. The van der Waals surface area contributed by atoms with E-state index in [4.69, 9.17) is 16.9 Å². The van der Waals surface area contributed by atoms with Gasteiger partial charge in [-0.05, 0) is 23.6 Å². The Morgan fingerprint density at radius 2 is 2.15 bits per heavy atom. The van der Waals surface area contributed by atoms with Crippen LogP contribution in [-0.2, 0) is 0 Å². The largest absolute Gasteiger partial charge is 0.192 e. The van der Waals surface area contributed by atoms with E-state index in [1.807, 2.05) is 18.2 Å². The van der Waals surface area contributed by atoms with Crippen LogP contribution in [0, 0.1) is 11.3 Å². The van der Waals surface area contributed by atoms with E-state index < -0.39 is 0 Å². The van der Waals surface area contributed by atoms with Crippen molar-refractivity contribution in [2.75, 3.05) is 0 Å². The first kappa shape index (κ1) is 8.89. The minimum absolute atomic E-state index is 0.627. The molecule has 0 fully saturated rings. The van der Waals surface area contributed by atoms with Crippen LogP contribution in [0.15, 0.2) is 23.1 Å². The summed E-state index contributed by atoms with van der Waals surface area (Å²) in [7, 11) is 0. The van der Waals surface area contributed by atoms with Gasteiger partial charge >= 0.3 is 0 Å². The van der Waals surface area contributed by atoms with E-state index >= 15 is 0 Å². The number of hydrogen-bond donors (Lipinski definition) is 1. The van der Waals surface area contributed by atoms with Gasteiger partial charge in [0.25, 0.3) is 0 Å². The first-order valence-corrected chi connectivity index (χ1v) is 5.17. The first-order valence-electron chi connectivity index (χ1n) is 3.53. The molecule has 1 nitrogen and oxygen atoms in total. The zero-order valence-corrected chi connectivity index (χ0v) is 8.88. The summed E-state index contributed by atoms with van der Waals surface area (Å²) >= 11 is 11.5. The zero-order chi connectivity index (χ0) is 9.42. The van der Waals surface area contributed by atoms with Gasteiger partial charge in [0.2, 0.25) is 0 Å². The highest BCUT2D eigenvalue weighted by Gasteiger charge is 2.04. The van der Waals surface area contributed by atoms with Gasteiger partial charge in [-0.1, -0.05) is 11.6 Å². The van der Waals surface area contributed by atoms with Crippen molar-refractivity contribution in [3.8, 4) is 6.07 Å². The molecule has 1 aromatic carbocycles. The van der Waals surface area contributed by atoms with Gasteiger partial charge in [-0.2, -0.15) is 5.26 Å². The Morgan fingerprint density at radius 1 is 1.38 bits per heavy atom. The molecule has 1 aromatic heterocycles. The molecule has 0 saturated heterocycles. The van der Waals surface area contributed by atoms with Gasteiger partial charge in [0.05, 0.1) is 5.02 Å². The van der Waals surface area contributed by atoms with Crippen LogP contribution in [0.4, 0.5) is 0 Å². The van der Waals surface area contributed by atoms with Gasteiger partial charge in [0.1, 0.15) is 10.9 Å². The van der Waals surface area contributed by atoms with Crippen LogP contribution in [-0.4, -0.2) is 0 Å². The number of fused-ring (bicyclic) bond motifs is 1. The van der Waals surface area contributed by atoms with E-state index in [0.29, 0.717) is 9.90 Å². The van der Waals surface area contributed by atoms with Crippen molar-refractivity contribution >= 4 is 45.7 Å². The Balaban J connectivity index is 2.79. The number of rotatable bonds is 0. The van der Waals surface area contributed by atoms with Gasteiger partial charge in [0.15, 0.2) is 0 Å². The van der Waals surface area contributed by atoms with Crippen molar-refractivity contribution in [2.45, 2.75) is 4.90 Å². The van der Waals surface area contributed by atoms with Crippen molar-refractivity contribution in [3.05, 3.63) is 28.1 Å². The van der Waals surface area contributed by atoms with E-state index in [0.717, 1.165) is 15.0 Å². The lowest BCUT2D eigenvalue weighted by Gasteiger charge is -1.94. The fraction of sp³-hybridized carbons (Fsp3) is 0. The van der Waals surface area contributed by atoms with E-state index in [1.54, 1.807) is 0 Å². The summed E-state index contributed by atoms with van der Waals surface area (Å²) in [4.78, 5) is 1.45. The second-order valence-electron chi connectivity index (χ2n) is 2.56. The number of thiophene rings is 1. The summed E-state index contributed by atoms with van der Waals surface area (Å²) in [6.45, 7) is 0. The summed E-state index contributed by atoms with van der Waals surface area (Å²) in [6.07, 6.45) is 0. The van der Waals surface area contributed by atoms with Crippen molar-refractivity contribution in [3.63, 3.8) is 0 Å². The van der Waals surface area contributed by atoms with E-state index in [-0.39, 0.29) is 0 Å². The summed E-state index contributed by atoms with van der Waals surface area (Å²) in [5.74, 6) is 0. The quantitative estimate of drug-likeness (QED) is 0.679. The maximum Gasteiger partial charge on any atom is 0.110 e. The topological polar surface area (TPSA) is 23.8 Å². The number of nitrogens with zero attached hydrogens (tertiary/aromatic N) is 1. The van der Waals surface area contributed by atoms with Crippen LogP contribution in [0.1, 0.15) is 4.88 Å². The van der Waals surface area contributed by atoms with Crippen LogP contribution >= 0.6 is 35.6 Å². The molecule has 1 heterocycles. The fourth-order valence-electron chi connectivity index (χ4n) is 1.11. The molecule has 4 heteroatoms. The van der Waals surface area contributed by atoms with E-state index in [2.05, 4.69) is 18.7 Å². The lowest BCUT2D eigenvalue weighted by atomic mass is 10.2. The second kappa shape index (κ2) is 3.22. The molecule has 0 aliphatic carbocycles. The van der Waals surface area contributed by atoms with Gasteiger partial charge < -0.3 is 0 Å². The van der Waals surface area contributed by atoms with Crippen molar-refractivity contribution < 1.29 is 0 Å². The maximum absolute atomic E-state index is 8.69. The van der Waals surface area contributed by atoms with E-state index in [1.165, 1.54) is 11.3 Å². The van der Waals surface area contributed by atoms with Crippen LogP contribution in [0.3, 0.4) is 0 Å². The van der Waals surface area contributed by atoms with Gasteiger partial charge in [-0.25, -0.2) is 0 Å². The number of hydrogen-bond acceptors (Lipinski definition) is 3. The SMILES string of the molecule is N#Cc1cc2cc(S)c(Cl)cc2s1. The third-order valence-corrected chi connectivity index (χ3v) is 3.51. The number of halogens is 1. The fourth-order valence-corrected chi connectivity index (χ4v) is 2.42. The Labute approximate surface area is 90.0 Å². The van der Waals surface area contributed by atoms with Crippen molar-refractivity contribution in [1.82, 2.24) is 0 Å². The molecular weight excluding hydrogens is 222 g/mol. The third kappa shape index (κ3) is 1.53. The predicted octanol–water partition coefficient (Wildman–Crippen LogP) is 3.72. The normalized spacial score (nSPS) is 10.2. The summed E-state index contributed by atoms with van der Waals surface area (Å²) in [5.41, 5.74) is 0. The smallest absolute Gasteiger partial charge is 0.110 e. The standard InChI is InChI=1S/C9H4ClNS2/c10-7-3-9-5(2-8(7)12)1-6(4-11)13-9/h1-3,12H. The molecule has 0 N–H and O–H groups in total. The lowest BCUT2D eigenvalue weighted by Crippen LogP contribution is -1.68. The lowest BCUT2D eigenvalue weighted by molar-refractivity contribution is 1.52. The Morgan fingerprint density at radius 3 is 2.85 bits per heavy atom. The molecule has 0 spiro atoms. The highest BCUT2D eigenvalue weighted by atomic mass is 35.5. The third-order valence-electron chi connectivity index (χ3n) is 1.70. The summed E-state index contributed by atoms with van der Waals surface area (Å²) in [5, 5.41) is 10.3. The molecule has 64 valence electrons. The van der Waals surface area contributed by atoms with Gasteiger partial charge in [0, 0.05) is 9.60 Å². The van der Waals surface area contributed by atoms with Gasteiger partial charge in [-0.3, -0.25) is 0 Å². The number of thiol groups is 1. The van der Waals surface area contributed by atoms with Crippen molar-refractivity contribution in [1.29, 1.82) is 5.26 Å². The number of nitriles is 1. The summed E-state index contributed by atoms with van der Waals surface area (Å²) < 4.78 is 1.03. The summed E-state index contributed by atoms with van der Waals surface area (Å²) in [6, 6.07) is 7.66. The van der Waals surface area contributed by atoms with E-state index in [9.17, 15) is 0 Å². The molecule has 0 bridgehead atoms. The number of benzene rings is 1. The maximum atomic E-state index is 8.69. The molecule has 0 atom stereocenters. The molecule has 0 unspecified atom stereocenters. The molecule has 0 aliphatic rings. The monoisotopic (exact) mass is 225 g/mol. The molecule has 13 heavy (non-hydrogen) atoms. The Hall–Kier alpha value is -0.690. The van der Waals surface area contributed by atoms with Gasteiger partial charge in [-0.15, -0.1) is 24.0 Å². The molecule has 0 amide bonds. The first-order chi connectivity index (χ1) is 6.20. The van der Waals surface area contributed by atoms with Crippen LogP contribution in [0.2, 0.25) is 5.02 Å². The molecule has 2 aromatic rings. The van der Waals surface area contributed by atoms with Crippen LogP contribution in [0.5, 0.6) is 0 Å². The van der Waals surface area contributed by atoms with Crippen molar-refractivity contribution in [2.24, 2.45) is 0 Å². The molecule has 0 radical (unpaired) electrons. The molecule has 0 saturated carbocycles. The second-order valence-corrected chi connectivity index (χ2v) is 4.54. The average molecular weight is 226 g/mol. The van der Waals surface area contributed by atoms with Crippen LogP contribution in [0.25, 0.3) is 10.1 Å². The Bertz CT molecular complexity index is 471. The predicted molar refractivity (Wildman–Crippen MR) is 58.8 cm³/mol. The molecule has 2 rings (SSSR count). The minimum Gasteiger partial charge on any atom is -0.192 e. The highest BCUT2D eigenvalue weighted by molar-refractivity contribution is 7.80. The molecular formula is C9H4ClNS2. The molecule has 0 aliphatic heterocycles. The van der Waals surface area contributed by atoms with Crippen LogP contribution < -0.4 is 0 Å². The highest BCUT2D eigenvalue weighted by Crippen LogP contribution is 2.31.